The Morgan fingerprint density at radius 2 is 1.70 bits per heavy atom. The molecule has 0 bridgehead atoms. The zero-order valence-corrected chi connectivity index (χ0v) is 18.6. The number of carbonyl (C=O) groups is 3. The first-order valence-electron chi connectivity index (χ1n) is 11.1. The van der Waals surface area contributed by atoms with Gasteiger partial charge in [0.1, 0.15) is 18.7 Å². The molecule has 0 spiro atoms. The first-order chi connectivity index (χ1) is 15.8. The zero-order valence-electron chi connectivity index (χ0n) is 18.6. The Morgan fingerprint density at radius 1 is 1.12 bits per heavy atom. The monoisotopic (exact) mass is 448 g/mol. The number of fused-ring (bicyclic) bond motifs is 3. The summed E-state index contributed by atoms with van der Waals surface area (Å²) >= 11 is 0. The van der Waals surface area contributed by atoms with Crippen LogP contribution in [0.25, 0.3) is 11.1 Å². The van der Waals surface area contributed by atoms with Crippen LogP contribution >= 0.6 is 0 Å². The Hall–Kier alpha value is -3.61. The molecular weight excluding hydrogens is 420 g/mol. The fourth-order valence-corrected chi connectivity index (χ4v) is 4.70. The molecule has 2 aromatic rings. The van der Waals surface area contributed by atoms with Gasteiger partial charge in [0.25, 0.3) is 0 Å². The van der Waals surface area contributed by atoms with Gasteiger partial charge < -0.3 is 20.1 Å². The molecule has 0 radical (unpaired) electrons. The van der Waals surface area contributed by atoms with Gasteiger partial charge in [0.2, 0.25) is 5.91 Å². The summed E-state index contributed by atoms with van der Waals surface area (Å²) in [5.74, 6) is -1.72. The molecule has 1 fully saturated rings. The third kappa shape index (κ3) is 4.49. The van der Waals surface area contributed by atoms with Crippen molar-refractivity contribution >= 4 is 18.0 Å². The molecule has 2 amide bonds. The maximum atomic E-state index is 13.2. The van der Waals surface area contributed by atoms with Gasteiger partial charge in [0, 0.05) is 12.5 Å². The summed E-state index contributed by atoms with van der Waals surface area (Å²) in [6.45, 7) is 5.01. The molecule has 7 nitrogen and oxygen atoms in total. The summed E-state index contributed by atoms with van der Waals surface area (Å²) in [4.78, 5) is 38.5. The molecule has 1 atom stereocenters. The van der Waals surface area contributed by atoms with Gasteiger partial charge in [-0.1, -0.05) is 54.6 Å². The molecule has 0 heterocycles. The summed E-state index contributed by atoms with van der Waals surface area (Å²) < 4.78 is 5.63. The SMILES string of the molecule is C=CCN(CC(=O)O)C(=O)C(C)(NC(=O)OCC1c2ccccc2-c2ccccc21)C1CC1. The number of nitrogens with one attached hydrogen (secondary N) is 1. The molecule has 0 aromatic heterocycles. The van der Waals surface area contributed by atoms with E-state index in [-0.39, 0.29) is 25.0 Å². The molecule has 4 rings (SSSR count). The number of benzene rings is 2. The second kappa shape index (κ2) is 9.10. The second-order valence-corrected chi connectivity index (χ2v) is 8.80. The molecule has 1 saturated carbocycles. The fourth-order valence-electron chi connectivity index (χ4n) is 4.70. The highest BCUT2D eigenvalue weighted by molar-refractivity contribution is 5.92. The van der Waals surface area contributed by atoms with Gasteiger partial charge in [0.05, 0.1) is 0 Å². The number of amides is 2. The minimum absolute atomic E-state index is 0.0633. The van der Waals surface area contributed by atoms with Gasteiger partial charge in [-0.05, 0) is 47.9 Å². The Bertz CT molecular complexity index is 1050. The first kappa shape index (κ1) is 22.6. The molecule has 1 unspecified atom stereocenters. The number of carbonyl (C=O) groups excluding carboxylic acids is 2. The predicted octanol–water partition coefficient (Wildman–Crippen LogP) is 3.79. The number of hydrogen-bond donors (Lipinski definition) is 2. The van der Waals surface area contributed by atoms with Crippen molar-refractivity contribution in [3.63, 3.8) is 0 Å². The predicted molar refractivity (Wildman–Crippen MR) is 124 cm³/mol. The van der Waals surface area contributed by atoms with Gasteiger partial charge >= 0.3 is 12.1 Å². The van der Waals surface area contributed by atoms with Crippen LogP contribution in [0.4, 0.5) is 4.79 Å². The Morgan fingerprint density at radius 3 is 2.21 bits per heavy atom. The highest BCUT2D eigenvalue weighted by atomic mass is 16.5. The van der Waals surface area contributed by atoms with Crippen LogP contribution < -0.4 is 5.32 Å². The van der Waals surface area contributed by atoms with E-state index >= 15 is 0 Å². The number of ether oxygens (including phenoxy) is 1. The van der Waals surface area contributed by atoms with Crippen LogP contribution in [0.1, 0.15) is 36.8 Å². The number of hydrogen-bond acceptors (Lipinski definition) is 4. The van der Waals surface area contributed by atoms with Crippen molar-refractivity contribution in [1.82, 2.24) is 10.2 Å². The van der Waals surface area contributed by atoms with E-state index in [4.69, 9.17) is 4.74 Å². The number of alkyl carbamates (subject to hydrolysis) is 1. The van der Waals surface area contributed by atoms with Crippen LogP contribution in [-0.4, -0.2) is 53.2 Å². The molecule has 2 N–H and O–H groups in total. The lowest BCUT2D eigenvalue weighted by Gasteiger charge is -2.34. The molecule has 2 aromatic carbocycles. The molecule has 0 aliphatic heterocycles. The molecule has 33 heavy (non-hydrogen) atoms. The van der Waals surface area contributed by atoms with Crippen molar-refractivity contribution in [3.8, 4) is 11.1 Å². The molecule has 2 aliphatic carbocycles. The maximum absolute atomic E-state index is 13.2. The van der Waals surface area contributed by atoms with E-state index in [0.29, 0.717) is 0 Å². The Labute approximate surface area is 193 Å². The number of carboxylic acid groups (broad SMARTS) is 1. The standard InChI is InChI=1S/C26H28N2O5/c1-3-14-28(15-23(29)30)24(31)26(2,17-12-13-17)27-25(32)33-16-22-20-10-6-4-8-18(20)19-9-5-7-11-21(19)22/h3-11,17,22H,1,12-16H2,2H3,(H,27,32)(H,29,30). The highest BCUT2D eigenvalue weighted by Crippen LogP contribution is 2.45. The topological polar surface area (TPSA) is 95.9 Å². The van der Waals surface area contributed by atoms with Crippen molar-refractivity contribution in [3.05, 3.63) is 72.3 Å². The summed E-state index contributed by atoms with van der Waals surface area (Å²) in [6.07, 6.45) is 2.34. The van der Waals surface area contributed by atoms with Gasteiger partial charge in [-0.3, -0.25) is 9.59 Å². The van der Waals surface area contributed by atoms with Crippen molar-refractivity contribution in [2.75, 3.05) is 19.7 Å². The van der Waals surface area contributed by atoms with Gasteiger partial charge in [-0.25, -0.2) is 4.79 Å². The van der Waals surface area contributed by atoms with Gasteiger partial charge in [0.15, 0.2) is 0 Å². The minimum atomic E-state index is -1.24. The van der Waals surface area contributed by atoms with E-state index < -0.39 is 30.1 Å². The Balaban J connectivity index is 1.48. The smallest absolute Gasteiger partial charge is 0.408 e. The quantitative estimate of drug-likeness (QED) is 0.569. The average molecular weight is 449 g/mol. The third-order valence-corrected chi connectivity index (χ3v) is 6.51. The largest absolute Gasteiger partial charge is 0.480 e. The van der Waals surface area contributed by atoms with Crippen LogP contribution in [0.2, 0.25) is 0 Å². The van der Waals surface area contributed by atoms with Crippen molar-refractivity contribution < 1.29 is 24.2 Å². The normalized spacial score (nSPS) is 16.2. The summed E-state index contributed by atoms with van der Waals surface area (Å²) in [5, 5.41) is 11.9. The van der Waals surface area contributed by atoms with Gasteiger partial charge in [-0.15, -0.1) is 6.58 Å². The summed E-state index contributed by atoms with van der Waals surface area (Å²) in [7, 11) is 0. The lowest BCUT2D eigenvalue weighted by Crippen LogP contribution is -2.60. The first-order valence-corrected chi connectivity index (χ1v) is 11.1. The van der Waals surface area contributed by atoms with Gasteiger partial charge in [-0.2, -0.15) is 0 Å². The van der Waals surface area contributed by atoms with E-state index in [1.165, 1.54) is 11.0 Å². The average Bonchev–Trinajstić information content (AvgIpc) is 3.60. The molecule has 2 aliphatic rings. The Kier molecular flexibility index (Phi) is 6.22. The van der Waals surface area contributed by atoms with E-state index in [9.17, 15) is 19.5 Å². The number of carboxylic acids is 1. The van der Waals surface area contributed by atoms with Crippen LogP contribution in [0.5, 0.6) is 0 Å². The number of aliphatic carboxylic acids is 1. The second-order valence-electron chi connectivity index (χ2n) is 8.80. The lowest BCUT2D eigenvalue weighted by molar-refractivity contribution is -0.147. The lowest BCUT2D eigenvalue weighted by atomic mass is 9.93. The molecule has 0 saturated heterocycles. The number of nitrogens with zero attached hydrogens (tertiary/aromatic N) is 1. The van der Waals surface area contributed by atoms with E-state index in [2.05, 4.69) is 24.0 Å². The van der Waals surface area contributed by atoms with Crippen LogP contribution in [0.15, 0.2) is 61.2 Å². The van der Waals surface area contributed by atoms with Crippen molar-refractivity contribution in [2.45, 2.75) is 31.2 Å². The van der Waals surface area contributed by atoms with Crippen LogP contribution in [0.3, 0.4) is 0 Å². The van der Waals surface area contributed by atoms with Crippen molar-refractivity contribution in [1.29, 1.82) is 0 Å². The number of rotatable bonds is 9. The third-order valence-electron chi connectivity index (χ3n) is 6.51. The summed E-state index contributed by atoms with van der Waals surface area (Å²) in [6, 6.07) is 16.1. The van der Waals surface area contributed by atoms with Crippen LogP contribution in [-0.2, 0) is 14.3 Å². The minimum Gasteiger partial charge on any atom is -0.480 e. The van der Waals surface area contributed by atoms with E-state index in [1.54, 1.807) is 6.92 Å². The fraction of sp³-hybridized carbons (Fsp3) is 0.346. The molecular formula is C26H28N2O5. The molecule has 172 valence electrons. The van der Waals surface area contributed by atoms with E-state index in [0.717, 1.165) is 35.1 Å². The van der Waals surface area contributed by atoms with Crippen LogP contribution in [0, 0.1) is 5.92 Å². The highest BCUT2D eigenvalue weighted by Gasteiger charge is 2.50. The summed E-state index contributed by atoms with van der Waals surface area (Å²) in [5.41, 5.74) is 3.24. The van der Waals surface area contributed by atoms with Crippen molar-refractivity contribution in [2.24, 2.45) is 5.92 Å². The molecule has 7 heteroatoms. The maximum Gasteiger partial charge on any atom is 0.408 e. The zero-order chi connectivity index (χ0) is 23.6. The van der Waals surface area contributed by atoms with E-state index in [1.807, 2.05) is 36.4 Å².